The highest BCUT2D eigenvalue weighted by atomic mass is 35.5. The molecule has 0 aromatic heterocycles. The van der Waals surface area contributed by atoms with Crippen molar-refractivity contribution in [2.24, 2.45) is 5.41 Å². The number of aliphatic carboxylic acids is 1. The fourth-order valence-electron chi connectivity index (χ4n) is 5.57. The minimum absolute atomic E-state index is 0.152. The van der Waals surface area contributed by atoms with Crippen LogP contribution in [0.5, 0.6) is 5.75 Å². The highest BCUT2D eigenvalue weighted by molar-refractivity contribution is 6.39. The molecule has 0 aliphatic carbocycles. The number of ether oxygens (including phenoxy) is 1. The fraction of sp³-hybridized carbons (Fsp3) is 0.281. The summed E-state index contributed by atoms with van der Waals surface area (Å²) in [5, 5.41) is 12.8. The molecule has 2 heterocycles. The molecule has 1 saturated heterocycles. The molecule has 3 amide bonds. The highest BCUT2D eigenvalue weighted by Crippen LogP contribution is 2.43. The predicted molar refractivity (Wildman–Crippen MR) is 167 cm³/mol. The number of hydrogen-bond donors (Lipinski definition) is 2. The lowest BCUT2D eigenvalue weighted by atomic mass is 9.82. The van der Waals surface area contributed by atoms with Crippen molar-refractivity contribution in [1.29, 1.82) is 0 Å². The maximum Gasteiger partial charge on any atom is 0.323 e. The number of rotatable bonds is 8. The van der Waals surface area contributed by atoms with Crippen LogP contribution in [0.15, 0.2) is 60.3 Å². The van der Waals surface area contributed by atoms with Crippen molar-refractivity contribution in [2.45, 2.75) is 13.5 Å². The van der Waals surface area contributed by atoms with E-state index in [1.165, 1.54) is 29.2 Å². The number of likely N-dealkylation sites (tertiary alicyclic amines) is 1. The maximum absolute atomic E-state index is 15.5. The Kier molecular flexibility index (Phi) is 8.62. The molecule has 3 aromatic rings. The van der Waals surface area contributed by atoms with Gasteiger partial charge in [0, 0.05) is 62.2 Å². The molecular formula is C32H31Cl2FN4O5. The zero-order valence-corrected chi connectivity index (χ0v) is 26.1. The van der Waals surface area contributed by atoms with Crippen LogP contribution in [0, 0.1) is 11.2 Å². The van der Waals surface area contributed by atoms with Crippen molar-refractivity contribution in [2.75, 3.05) is 46.2 Å². The molecule has 0 spiro atoms. The van der Waals surface area contributed by atoms with E-state index in [-0.39, 0.29) is 24.1 Å². The van der Waals surface area contributed by atoms with Crippen molar-refractivity contribution in [3.63, 3.8) is 0 Å². The van der Waals surface area contributed by atoms with Gasteiger partial charge in [0.05, 0.1) is 40.4 Å². The molecule has 1 fully saturated rings. The number of nitrogens with zero attached hydrogens (tertiary/aromatic N) is 3. The second-order valence-corrected chi connectivity index (χ2v) is 12.1. The van der Waals surface area contributed by atoms with Crippen molar-refractivity contribution >= 4 is 46.8 Å². The van der Waals surface area contributed by atoms with Crippen LogP contribution in [-0.4, -0.2) is 78.6 Å². The zero-order valence-electron chi connectivity index (χ0n) is 24.6. The van der Waals surface area contributed by atoms with Crippen LogP contribution in [0.4, 0.5) is 14.9 Å². The number of carboxylic acid groups (broad SMARTS) is 1. The molecule has 230 valence electrons. The van der Waals surface area contributed by atoms with Crippen LogP contribution >= 0.6 is 23.2 Å². The van der Waals surface area contributed by atoms with Crippen LogP contribution in [0.1, 0.15) is 12.5 Å². The molecule has 0 atom stereocenters. The third kappa shape index (κ3) is 5.85. The zero-order chi connectivity index (χ0) is 31.9. The molecule has 5 rings (SSSR count). The molecule has 12 heteroatoms. The van der Waals surface area contributed by atoms with Gasteiger partial charge in [-0.2, -0.15) is 0 Å². The second kappa shape index (κ2) is 12.1. The van der Waals surface area contributed by atoms with Gasteiger partial charge in [0.1, 0.15) is 11.6 Å². The number of nitrogens with one attached hydrogen (secondary N) is 1. The standard InChI is InChI=1S/C32H31Cl2FN4O5/c1-32(30(41)42)16-39(17-32)15-23-24(35)11-18(12-26(23)44-4)20-7-5-8-21(27(20)33)22-9-6-10-25(28(22)34)36-29(40)19-13-37(2)31(43)38(3)14-19/h5-13H,14-17H2,1-4H3,(H,36,40)(H,41,42). The average molecular weight is 642 g/mol. The number of methoxy groups -OCH3 is 1. The maximum atomic E-state index is 15.5. The second-order valence-electron chi connectivity index (χ2n) is 11.3. The van der Waals surface area contributed by atoms with Gasteiger partial charge in [0.15, 0.2) is 0 Å². The van der Waals surface area contributed by atoms with Crippen LogP contribution < -0.4 is 10.1 Å². The molecule has 0 radical (unpaired) electrons. The lowest BCUT2D eigenvalue weighted by molar-refractivity contribution is -0.159. The molecule has 0 saturated carbocycles. The number of urea groups is 1. The van der Waals surface area contributed by atoms with Crippen LogP contribution in [0.25, 0.3) is 22.3 Å². The van der Waals surface area contributed by atoms with E-state index in [1.54, 1.807) is 63.5 Å². The van der Waals surface area contributed by atoms with Crippen LogP contribution in [-0.2, 0) is 16.1 Å². The van der Waals surface area contributed by atoms with Gasteiger partial charge in [-0.1, -0.05) is 53.5 Å². The first-order chi connectivity index (χ1) is 20.8. The molecular weight excluding hydrogens is 610 g/mol. The van der Waals surface area contributed by atoms with E-state index < -0.39 is 23.1 Å². The van der Waals surface area contributed by atoms with Gasteiger partial charge < -0.3 is 25.0 Å². The van der Waals surface area contributed by atoms with Gasteiger partial charge in [0.25, 0.3) is 5.91 Å². The van der Waals surface area contributed by atoms with Gasteiger partial charge in [-0.25, -0.2) is 9.18 Å². The number of hydrogen-bond acceptors (Lipinski definition) is 5. The smallest absolute Gasteiger partial charge is 0.323 e. The molecule has 0 unspecified atom stereocenters. The fourth-order valence-corrected chi connectivity index (χ4v) is 6.18. The first kappa shape index (κ1) is 31.3. The summed E-state index contributed by atoms with van der Waals surface area (Å²) in [6.45, 7) is 2.65. The van der Waals surface area contributed by atoms with E-state index in [0.717, 1.165) is 0 Å². The topological polar surface area (TPSA) is 102 Å². The highest BCUT2D eigenvalue weighted by Gasteiger charge is 2.45. The Bertz CT molecular complexity index is 1710. The molecule has 9 nitrogen and oxygen atoms in total. The number of likely N-dealkylation sites (N-methyl/N-ethyl adjacent to an activating group) is 1. The number of anilines is 1. The van der Waals surface area contributed by atoms with E-state index in [0.29, 0.717) is 62.9 Å². The normalized spacial score (nSPS) is 16.3. The Hall–Kier alpha value is -4.12. The summed E-state index contributed by atoms with van der Waals surface area (Å²) >= 11 is 13.7. The predicted octanol–water partition coefficient (Wildman–Crippen LogP) is 6.20. The van der Waals surface area contributed by atoms with Crippen molar-refractivity contribution in [3.05, 3.63) is 81.7 Å². The van der Waals surface area contributed by atoms with E-state index >= 15 is 4.39 Å². The van der Waals surface area contributed by atoms with E-state index in [9.17, 15) is 19.5 Å². The number of carbonyl (C=O) groups is 3. The number of halogens is 3. The Morgan fingerprint density at radius 1 is 1.05 bits per heavy atom. The molecule has 0 bridgehead atoms. The minimum Gasteiger partial charge on any atom is -0.496 e. The van der Waals surface area contributed by atoms with E-state index in [2.05, 4.69) is 5.32 Å². The van der Waals surface area contributed by atoms with Crippen molar-refractivity contribution < 1.29 is 28.6 Å². The summed E-state index contributed by atoms with van der Waals surface area (Å²) < 4.78 is 21.1. The summed E-state index contributed by atoms with van der Waals surface area (Å²) in [6.07, 6.45) is 1.49. The SMILES string of the molecule is COc1cc(-c2cccc(-c3cccc(NC(=O)C4=CN(C)C(=O)N(C)C4)c3Cl)c2Cl)cc(F)c1CN1CC(C)(C(=O)O)C1. The lowest BCUT2D eigenvalue weighted by Gasteiger charge is -2.45. The van der Waals surface area contributed by atoms with Gasteiger partial charge in [-0.3, -0.25) is 14.5 Å². The summed E-state index contributed by atoms with van der Waals surface area (Å²) in [4.78, 5) is 41.2. The largest absolute Gasteiger partial charge is 0.496 e. The van der Waals surface area contributed by atoms with Gasteiger partial charge in [-0.15, -0.1) is 0 Å². The Morgan fingerprint density at radius 3 is 2.32 bits per heavy atom. The van der Waals surface area contributed by atoms with Crippen LogP contribution in [0.3, 0.4) is 0 Å². The average Bonchev–Trinajstić information content (AvgIpc) is 2.96. The quantitative estimate of drug-likeness (QED) is 0.304. The number of carboxylic acids is 1. The van der Waals surface area contributed by atoms with Crippen LogP contribution in [0.2, 0.25) is 10.0 Å². The Morgan fingerprint density at radius 2 is 1.68 bits per heavy atom. The molecule has 2 N–H and O–H groups in total. The summed E-state index contributed by atoms with van der Waals surface area (Å²) in [5.74, 6) is -1.45. The summed E-state index contributed by atoms with van der Waals surface area (Å²) in [5.41, 5.74) is 2.40. The molecule has 44 heavy (non-hydrogen) atoms. The van der Waals surface area contributed by atoms with E-state index in [1.807, 2.05) is 4.90 Å². The Balaban J connectivity index is 1.42. The van der Waals surface area contributed by atoms with Crippen molar-refractivity contribution in [1.82, 2.24) is 14.7 Å². The van der Waals surface area contributed by atoms with Gasteiger partial charge in [-0.05, 0) is 30.7 Å². The first-order valence-electron chi connectivity index (χ1n) is 13.7. The number of benzene rings is 3. The Labute approximate surface area is 264 Å². The summed E-state index contributed by atoms with van der Waals surface area (Å²) in [7, 11) is 4.64. The van der Waals surface area contributed by atoms with Gasteiger partial charge >= 0.3 is 12.0 Å². The summed E-state index contributed by atoms with van der Waals surface area (Å²) in [6, 6.07) is 13.4. The first-order valence-corrected chi connectivity index (χ1v) is 14.5. The molecule has 2 aliphatic heterocycles. The third-order valence-electron chi connectivity index (χ3n) is 7.94. The minimum atomic E-state index is -0.876. The third-order valence-corrected chi connectivity index (χ3v) is 8.76. The molecule has 3 aromatic carbocycles. The number of carbonyl (C=O) groups excluding carboxylic acids is 2. The number of amides is 3. The lowest BCUT2D eigenvalue weighted by Crippen LogP contribution is -2.58. The van der Waals surface area contributed by atoms with Crippen molar-refractivity contribution in [3.8, 4) is 28.0 Å². The van der Waals surface area contributed by atoms with E-state index in [4.69, 9.17) is 27.9 Å². The monoisotopic (exact) mass is 640 g/mol. The molecule has 2 aliphatic rings. The van der Waals surface area contributed by atoms with Gasteiger partial charge in [0.2, 0.25) is 0 Å².